The molecule has 2 aliphatic heterocycles. The van der Waals surface area contributed by atoms with E-state index < -0.39 is 5.60 Å². The molecule has 0 saturated carbocycles. The Labute approximate surface area is 102 Å². The van der Waals surface area contributed by atoms with Gasteiger partial charge in [0.15, 0.2) is 0 Å². The maximum absolute atomic E-state index is 11.7. The van der Waals surface area contributed by atoms with Gasteiger partial charge in [-0.25, -0.2) is 4.79 Å². The van der Waals surface area contributed by atoms with Crippen LogP contribution in [0.3, 0.4) is 0 Å². The fourth-order valence-electron chi connectivity index (χ4n) is 2.26. The molecule has 0 aromatic carbocycles. The van der Waals surface area contributed by atoms with Crippen LogP contribution in [-0.4, -0.2) is 64.9 Å². The minimum absolute atomic E-state index is 0.189. The zero-order valence-corrected chi connectivity index (χ0v) is 10.8. The largest absolute Gasteiger partial charge is 0.444 e. The fraction of sp³-hybridized carbons (Fsp3) is 0.917. The summed E-state index contributed by atoms with van der Waals surface area (Å²) in [6, 6.07) is 0.402. The summed E-state index contributed by atoms with van der Waals surface area (Å²) >= 11 is 0. The summed E-state index contributed by atoms with van der Waals surface area (Å²) in [5, 5.41) is 9.45. The Balaban J connectivity index is 1.73. The second-order valence-corrected chi connectivity index (χ2v) is 5.98. The normalized spacial score (nSPS) is 27.1. The first-order chi connectivity index (χ1) is 7.85. The zero-order valence-electron chi connectivity index (χ0n) is 10.8. The predicted molar refractivity (Wildman–Crippen MR) is 63.8 cm³/mol. The van der Waals surface area contributed by atoms with Crippen LogP contribution >= 0.6 is 0 Å². The number of carbonyl (C=O) groups is 1. The first kappa shape index (κ1) is 12.6. The average molecular weight is 242 g/mol. The summed E-state index contributed by atoms with van der Waals surface area (Å²) in [7, 11) is 0. The number of amides is 1. The minimum Gasteiger partial charge on any atom is -0.444 e. The van der Waals surface area contributed by atoms with Crippen LogP contribution in [0.2, 0.25) is 0 Å². The van der Waals surface area contributed by atoms with E-state index in [1.807, 2.05) is 20.8 Å². The summed E-state index contributed by atoms with van der Waals surface area (Å²) in [6.07, 6.45) is 0.433. The molecule has 0 aromatic rings. The van der Waals surface area contributed by atoms with Crippen LogP contribution in [-0.2, 0) is 4.74 Å². The van der Waals surface area contributed by atoms with Crippen molar-refractivity contribution >= 4 is 6.09 Å². The van der Waals surface area contributed by atoms with Gasteiger partial charge in [-0.1, -0.05) is 0 Å². The van der Waals surface area contributed by atoms with Gasteiger partial charge >= 0.3 is 6.09 Å². The number of rotatable bonds is 1. The standard InChI is InChI=1S/C12H22N2O3/c1-12(2,3)17-11(16)14-6-9(7-14)13-5-4-10(15)8-13/h9-10,15H,4-8H2,1-3H3/t10-/m1/s1. The number of ether oxygens (including phenoxy) is 1. The van der Waals surface area contributed by atoms with Gasteiger partial charge in [0.05, 0.1) is 6.10 Å². The van der Waals surface area contributed by atoms with Gasteiger partial charge in [0.25, 0.3) is 0 Å². The first-order valence-corrected chi connectivity index (χ1v) is 6.25. The Bertz CT molecular complexity index is 295. The molecule has 0 aromatic heterocycles. The lowest BCUT2D eigenvalue weighted by Crippen LogP contribution is -2.61. The molecule has 0 aliphatic carbocycles. The highest BCUT2D eigenvalue weighted by Crippen LogP contribution is 2.22. The Morgan fingerprint density at radius 3 is 2.41 bits per heavy atom. The lowest BCUT2D eigenvalue weighted by Gasteiger charge is -2.44. The Kier molecular flexibility index (Phi) is 3.32. The SMILES string of the molecule is CC(C)(C)OC(=O)N1CC(N2CC[C@@H](O)C2)C1. The van der Waals surface area contributed by atoms with Gasteiger partial charge in [-0.05, 0) is 27.2 Å². The molecular weight excluding hydrogens is 220 g/mol. The summed E-state index contributed by atoms with van der Waals surface area (Å²) < 4.78 is 5.29. The molecule has 1 amide bonds. The Morgan fingerprint density at radius 1 is 1.29 bits per heavy atom. The van der Waals surface area contributed by atoms with Gasteiger partial charge in [-0.3, -0.25) is 4.90 Å². The predicted octanol–water partition coefficient (Wildman–Crippen LogP) is 0.672. The van der Waals surface area contributed by atoms with Gasteiger partial charge in [0.2, 0.25) is 0 Å². The molecule has 2 fully saturated rings. The molecule has 98 valence electrons. The third kappa shape index (κ3) is 3.10. The highest BCUT2D eigenvalue weighted by atomic mass is 16.6. The molecule has 0 bridgehead atoms. The lowest BCUT2D eigenvalue weighted by molar-refractivity contribution is -0.0128. The van der Waals surface area contributed by atoms with E-state index in [1.165, 1.54) is 0 Å². The Hall–Kier alpha value is -0.810. The smallest absolute Gasteiger partial charge is 0.410 e. The van der Waals surface area contributed by atoms with E-state index in [1.54, 1.807) is 4.90 Å². The van der Waals surface area contributed by atoms with Crippen LogP contribution in [0.15, 0.2) is 0 Å². The molecule has 0 radical (unpaired) electrons. The number of hydrogen-bond acceptors (Lipinski definition) is 4. The first-order valence-electron chi connectivity index (χ1n) is 6.25. The number of aliphatic hydroxyl groups is 1. The second kappa shape index (κ2) is 4.46. The van der Waals surface area contributed by atoms with E-state index in [-0.39, 0.29) is 12.2 Å². The van der Waals surface area contributed by atoms with E-state index >= 15 is 0 Å². The molecule has 1 atom stereocenters. The van der Waals surface area contributed by atoms with E-state index in [0.717, 1.165) is 32.6 Å². The van der Waals surface area contributed by atoms with Crippen molar-refractivity contribution < 1.29 is 14.6 Å². The van der Waals surface area contributed by atoms with Crippen molar-refractivity contribution in [3.05, 3.63) is 0 Å². The molecule has 5 heteroatoms. The number of nitrogens with zero attached hydrogens (tertiary/aromatic N) is 2. The van der Waals surface area contributed by atoms with Crippen LogP contribution in [0.1, 0.15) is 27.2 Å². The van der Waals surface area contributed by atoms with Crippen LogP contribution in [0, 0.1) is 0 Å². The highest BCUT2D eigenvalue weighted by Gasteiger charge is 2.39. The third-order valence-corrected chi connectivity index (χ3v) is 3.23. The average Bonchev–Trinajstić information content (AvgIpc) is 2.45. The number of carbonyl (C=O) groups excluding carboxylic acids is 1. The van der Waals surface area contributed by atoms with Crippen molar-refractivity contribution in [1.82, 2.24) is 9.80 Å². The van der Waals surface area contributed by atoms with Gasteiger partial charge < -0.3 is 14.7 Å². The maximum atomic E-state index is 11.7. The van der Waals surface area contributed by atoms with Gasteiger partial charge in [-0.2, -0.15) is 0 Å². The van der Waals surface area contributed by atoms with E-state index in [4.69, 9.17) is 4.74 Å². The summed E-state index contributed by atoms with van der Waals surface area (Å²) in [5.74, 6) is 0. The van der Waals surface area contributed by atoms with E-state index in [9.17, 15) is 9.90 Å². The topological polar surface area (TPSA) is 53.0 Å². The molecule has 1 N–H and O–H groups in total. The molecule has 2 aliphatic rings. The molecule has 17 heavy (non-hydrogen) atoms. The molecule has 0 spiro atoms. The monoisotopic (exact) mass is 242 g/mol. The van der Waals surface area contributed by atoms with Crippen molar-refractivity contribution in [1.29, 1.82) is 0 Å². The van der Waals surface area contributed by atoms with Gasteiger partial charge in [0.1, 0.15) is 5.60 Å². The third-order valence-electron chi connectivity index (χ3n) is 3.23. The lowest BCUT2D eigenvalue weighted by atomic mass is 10.1. The number of likely N-dealkylation sites (tertiary alicyclic amines) is 2. The molecule has 2 saturated heterocycles. The zero-order chi connectivity index (χ0) is 12.6. The van der Waals surface area contributed by atoms with Gasteiger partial charge in [0, 0.05) is 32.2 Å². The minimum atomic E-state index is -0.425. The van der Waals surface area contributed by atoms with E-state index in [0.29, 0.717) is 6.04 Å². The number of aliphatic hydroxyl groups excluding tert-OH is 1. The van der Waals surface area contributed by atoms with Crippen molar-refractivity contribution in [2.24, 2.45) is 0 Å². The van der Waals surface area contributed by atoms with Crippen LogP contribution in [0.5, 0.6) is 0 Å². The Morgan fingerprint density at radius 2 is 1.94 bits per heavy atom. The fourth-order valence-corrected chi connectivity index (χ4v) is 2.26. The van der Waals surface area contributed by atoms with Crippen molar-refractivity contribution in [2.75, 3.05) is 26.2 Å². The molecule has 2 heterocycles. The molecule has 5 nitrogen and oxygen atoms in total. The van der Waals surface area contributed by atoms with Crippen molar-refractivity contribution in [2.45, 2.75) is 44.9 Å². The summed E-state index contributed by atoms with van der Waals surface area (Å²) in [5.41, 5.74) is -0.425. The second-order valence-electron chi connectivity index (χ2n) is 5.98. The highest BCUT2D eigenvalue weighted by molar-refractivity contribution is 5.69. The summed E-state index contributed by atoms with van der Waals surface area (Å²) in [6.45, 7) is 8.75. The number of β-amino-alcohol motifs (C(OH)–C–C–N with tert-alkyl or cyclic N) is 1. The van der Waals surface area contributed by atoms with E-state index in [2.05, 4.69) is 4.90 Å². The molecule has 0 unspecified atom stereocenters. The maximum Gasteiger partial charge on any atom is 0.410 e. The molecule has 2 rings (SSSR count). The molecular formula is C12H22N2O3. The quantitative estimate of drug-likeness (QED) is 0.734. The van der Waals surface area contributed by atoms with Gasteiger partial charge in [-0.15, -0.1) is 0 Å². The van der Waals surface area contributed by atoms with Crippen LogP contribution < -0.4 is 0 Å². The number of hydrogen-bond donors (Lipinski definition) is 1. The van der Waals surface area contributed by atoms with Crippen molar-refractivity contribution in [3.8, 4) is 0 Å². The van der Waals surface area contributed by atoms with Crippen LogP contribution in [0.25, 0.3) is 0 Å². The van der Waals surface area contributed by atoms with Crippen molar-refractivity contribution in [3.63, 3.8) is 0 Å². The van der Waals surface area contributed by atoms with Crippen LogP contribution in [0.4, 0.5) is 4.79 Å². The summed E-state index contributed by atoms with van der Waals surface area (Å²) in [4.78, 5) is 15.7.